The van der Waals surface area contributed by atoms with Gasteiger partial charge in [-0.15, -0.1) is 0 Å². The molecule has 2 aromatic rings. The van der Waals surface area contributed by atoms with Crippen molar-refractivity contribution in [2.24, 2.45) is 0 Å². The number of nitrogens with zero attached hydrogens (tertiary/aromatic N) is 3. The first-order valence-corrected chi connectivity index (χ1v) is 9.00. The summed E-state index contributed by atoms with van der Waals surface area (Å²) in [4.78, 5) is 22.7. The second-order valence-electron chi connectivity index (χ2n) is 5.72. The zero-order valence-electron chi connectivity index (χ0n) is 14.0. The van der Waals surface area contributed by atoms with E-state index in [9.17, 15) is 4.79 Å². The van der Waals surface area contributed by atoms with E-state index < -0.39 is 0 Å². The lowest BCUT2D eigenvalue weighted by Gasteiger charge is -2.26. The van der Waals surface area contributed by atoms with E-state index in [1.54, 1.807) is 24.3 Å². The first kappa shape index (κ1) is 18.8. The fourth-order valence-electron chi connectivity index (χ4n) is 2.54. The van der Waals surface area contributed by atoms with Crippen molar-refractivity contribution < 1.29 is 9.53 Å². The van der Waals surface area contributed by atoms with E-state index in [-0.39, 0.29) is 11.6 Å². The summed E-state index contributed by atoms with van der Waals surface area (Å²) in [5.74, 6) is 0.183. The minimum absolute atomic E-state index is 0.256. The highest BCUT2D eigenvalue weighted by Crippen LogP contribution is 2.31. The van der Waals surface area contributed by atoms with E-state index in [0.29, 0.717) is 28.1 Å². The van der Waals surface area contributed by atoms with Gasteiger partial charge in [-0.25, -0.2) is 9.97 Å². The number of nitrogens with one attached hydrogen (secondary N) is 2. The van der Waals surface area contributed by atoms with Gasteiger partial charge < -0.3 is 15.4 Å². The molecule has 1 aliphatic heterocycles. The summed E-state index contributed by atoms with van der Waals surface area (Å²) in [6.07, 6.45) is 1.32. The molecule has 1 saturated heterocycles. The molecule has 1 aliphatic rings. The fourth-order valence-corrected chi connectivity index (χ4v) is 3.03. The lowest BCUT2D eigenvalue weighted by molar-refractivity contribution is 0.0383. The van der Waals surface area contributed by atoms with Crippen LogP contribution in [0, 0.1) is 0 Å². The predicted molar refractivity (Wildman–Crippen MR) is 101 cm³/mol. The maximum absolute atomic E-state index is 12.3. The number of hydrogen-bond acceptors (Lipinski definition) is 6. The van der Waals surface area contributed by atoms with Crippen LogP contribution in [0.25, 0.3) is 0 Å². The van der Waals surface area contributed by atoms with Crippen molar-refractivity contribution in [3.63, 3.8) is 0 Å². The van der Waals surface area contributed by atoms with Crippen molar-refractivity contribution in [3.05, 3.63) is 46.3 Å². The molecule has 0 aliphatic carbocycles. The second-order valence-corrected chi connectivity index (χ2v) is 6.53. The number of carbonyl (C=O) groups is 1. The molecule has 1 fully saturated rings. The smallest absolute Gasteiger partial charge is 0.270 e. The molecule has 0 bridgehead atoms. The molecule has 26 heavy (non-hydrogen) atoms. The van der Waals surface area contributed by atoms with E-state index in [1.807, 2.05) is 0 Å². The highest BCUT2D eigenvalue weighted by atomic mass is 35.5. The Morgan fingerprint density at radius 1 is 1.19 bits per heavy atom. The molecule has 2 heterocycles. The van der Waals surface area contributed by atoms with Crippen molar-refractivity contribution in [1.29, 1.82) is 0 Å². The molecule has 7 nitrogen and oxygen atoms in total. The van der Waals surface area contributed by atoms with Crippen LogP contribution in [0.5, 0.6) is 0 Å². The number of hydrogen-bond donors (Lipinski definition) is 2. The Bertz CT molecular complexity index is 748. The minimum atomic E-state index is -0.256. The van der Waals surface area contributed by atoms with Crippen LogP contribution in [0.2, 0.25) is 10.0 Å². The Hall–Kier alpha value is -1.93. The number of benzene rings is 1. The number of ether oxygens (including phenoxy) is 1. The number of rotatable bonds is 6. The molecule has 1 aromatic heterocycles. The zero-order chi connectivity index (χ0) is 18.4. The number of carbonyl (C=O) groups excluding carboxylic acids is 1. The Morgan fingerprint density at radius 3 is 2.65 bits per heavy atom. The molecular formula is C17H19Cl2N5O2. The molecule has 1 aromatic carbocycles. The van der Waals surface area contributed by atoms with Gasteiger partial charge in [0, 0.05) is 32.2 Å². The SMILES string of the molecule is O=C(NCCN1CCOCC1)c1cc(Nc2c(Cl)cccc2Cl)ncn1. The fraction of sp³-hybridized carbons (Fsp3) is 0.353. The van der Waals surface area contributed by atoms with Crippen LogP contribution in [0.15, 0.2) is 30.6 Å². The summed E-state index contributed by atoms with van der Waals surface area (Å²) < 4.78 is 5.30. The molecular weight excluding hydrogens is 377 g/mol. The highest BCUT2D eigenvalue weighted by Gasteiger charge is 2.13. The summed E-state index contributed by atoms with van der Waals surface area (Å²) in [5.41, 5.74) is 0.806. The second kappa shape index (κ2) is 9.14. The van der Waals surface area contributed by atoms with E-state index in [1.165, 1.54) is 6.33 Å². The van der Waals surface area contributed by atoms with Crippen molar-refractivity contribution >= 4 is 40.6 Å². The largest absolute Gasteiger partial charge is 0.379 e. The molecule has 138 valence electrons. The summed E-state index contributed by atoms with van der Waals surface area (Å²) >= 11 is 12.3. The third-order valence-corrected chi connectivity index (χ3v) is 4.56. The Balaban J connectivity index is 1.58. The average Bonchev–Trinajstić information content (AvgIpc) is 2.66. The monoisotopic (exact) mass is 395 g/mol. The van der Waals surface area contributed by atoms with Gasteiger partial charge in [-0.2, -0.15) is 0 Å². The van der Waals surface area contributed by atoms with Crippen LogP contribution in [0.1, 0.15) is 10.5 Å². The van der Waals surface area contributed by atoms with Gasteiger partial charge in [0.15, 0.2) is 0 Å². The molecule has 0 unspecified atom stereocenters. The molecule has 3 rings (SSSR count). The molecule has 1 amide bonds. The minimum Gasteiger partial charge on any atom is -0.379 e. The third kappa shape index (κ3) is 5.04. The van der Waals surface area contributed by atoms with Gasteiger partial charge in [-0.05, 0) is 12.1 Å². The van der Waals surface area contributed by atoms with Crippen molar-refractivity contribution in [1.82, 2.24) is 20.2 Å². The maximum Gasteiger partial charge on any atom is 0.270 e. The lowest BCUT2D eigenvalue weighted by Crippen LogP contribution is -2.41. The summed E-state index contributed by atoms with van der Waals surface area (Å²) in [5, 5.41) is 6.83. The topological polar surface area (TPSA) is 79.4 Å². The van der Waals surface area contributed by atoms with Gasteiger partial charge in [-0.3, -0.25) is 9.69 Å². The van der Waals surface area contributed by atoms with E-state index in [2.05, 4.69) is 25.5 Å². The predicted octanol–water partition coefficient (Wildman–Crippen LogP) is 2.59. The number of morpholine rings is 1. The lowest BCUT2D eigenvalue weighted by atomic mass is 10.3. The first-order valence-electron chi connectivity index (χ1n) is 8.25. The number of anilines is 2. The first-order chi connectivity index (χ1) is 12.6. The van der Waals surface area contributed by atoms with Gasteiger partial charge in [0.25, 0.3) is 5.91 Å². The van der Waals surface area contributed by atoms with Crippen LogP contribution in [0.4, 0.5) is 11.5 Å². The standard InChI is InChI=1S/C17H19Cl2N5O2/c18-12-2-1-3-13(19)16(12)23-15-10-14(21-11-22-15)17(25)20-4-5-24-6-8-26-9-7-24/h1-3,10-11H,4-9H2,(H,20,25)(H,21,22,23). The summed E-state index contributed by atoms with van der Waals surface area (Å²) in [7, 11) is 0. The van der Waals surface area contributed by atoms with Crippen LogP contribution in [-0.4, -0.2) is 60.2 Å². The van der Waals surface area contributed by atoms with Crippen LogP contribution >= 0.6 is 23.2 Å². The quantitative estimate of drug-likeness (QED) is 0.782. The van der Waals surface area contributed by atoms with Gasteiger partial charge in [0.2, 0.25) is 0 Å². The third-order valence-electron chi connectivity index (χ3n) is 3.93. The van der Waals surface area contributed by atoms with E-state index >= 15 is 0 Å². The van der Waals surface area contributed by atoms with E-state index in [4.69, 9.17) is 27.9 Å². The zero-order valence-corrected chi connectivity index (χ0v) is 15.6. The van der Waals surface area contributed by atoms with Gasteiger partial charge >= 0.3 is 0 Å². The van der Waals surface area contributed by atoms with Gasteiger partial charge in [-0.1, -0.05) is 29.3 Å². The van der Waals surface area contributed by atoms with Crippen molar-refractivity contribution in [2.75, 3.05) is 44.7 Å². The Kier molecular flexibility index (Phi) is 6.62. The van der Waals surface area contributed by atoms with Crippen LogP contribution < -0.4 is 10.6 Å². The summed E-state index contributed by atoms with van der Waals surface area (Å²) in [6.45, 7) is 4.56. The van der Waals surface area contributed by atoms with Crippen molar-refractivity contribution in [3.8, 4) is 0 Å². The Morgan fingerprint density at radius 2 is 1.92 bits per heavy atom. The van der Waals surface area contributed by atoms with Crippen LogP contribution in [-0.2, 0) is 4.74 Å². The van der Waals surface area contributed by atoms with E-state index in [0.717, 1.165) is 32.8 Å². The highest BCUT2D eigenvalue weighted by molar-refractivity contribution is 6.39. The van der Waals surface area contributed by atoms with Gasteiger partial charge in [0.1, 0.15) is 17.8 Å². The molecule has 2 N–H and O–H groups in total. The summed E-state index contributed by atoms with van der Waals surface area (Å²) in [6, 6.07) is 6.75. The number of amides is 1. The van der Waals surface area contributed by atoms with Crippen molar-refractivity contribution in [2.45, 2.75) is 0 Å². The maximum atomic E-state index is 12.3. The molecule has 9 heteroatoms. The Labute approximate surface area is 161 Å². The molecule has 0 atom stereocenters. The van der Waals surface area contributed by atoms with Gasteiger partial charge in [0.05, 0.1) is 28.9 Å². The molecule has 0 saturated carbocycles. The number of halogens is 2. The number of para-hydroxylation sites is 1. The average molecular weight is 396 g/mol. The molecule has 0 spiro atoms. The molecule has 0 radical (unpaired) electrons. The number of aromatic nitrogens is 2. The van der Waals surface area contributed by atoms with Crippen LogP contribution in [0.3, 0.4) is 0 Å². The normalized spacial score (nSPS) is 14.8.